The standard InChI is InChI=1S/C20H21ClFN5O2S2.CF2O/c1-23-13-6-7-27(10-13)18-5-3-2-4-16(18)25-17-9-15(22)19(8-14(17)21)31(28,29)26-20-11-30-12-24-20;2-1(3)4/h2-5,8-9,11-13,23,25-26H,6-7,10H2,1H3;. The molecule has 2 aromatic carbocycles. The summed E-state index contributed by atoms with van der Waals surface area (Å²) in [5.74, 6) is -0.786. The molecule has 8 nitrogen and oxygen atoms in total. The van der Waals surface area contributed by atoms with E-state index in [0.29, 0.717) is 6.04 Å². The third-order valence-corrected chi connectivity index (χ3v) is 7.36. The Bertz CT molecular complexity index is 1280. The van der Waals surface area contributed by atoms with Crippen LogP contribution in [0.1, 0.15) is 6.42 Å². The van der Waals surface area contributed by atoms with Gasteiger partial charge < -0.3 is 15.5 Å². The van der Waals surface area contributed by atoms with Crippen molar-refractivity contribution in [1.82, 2.24) is 10.3 Å². The van der Waals surface area contributed by atoms with E-state index in [1.54, 1.807) is 0 Å². The number of anilines is 4. The number of aromatic nitrogens is 1. The Morgan fingerprint density at radius 2 is 1.94 bits per heavy atom. The van der Waals surface area contributed by atoms with Crippen molar-refractivity contribution < 1.29 is 26.4 Å². The summed E-state index contributed by atoms with van der Waals surface area (Å²) >= 11 is 7.56. The second kappa shape index (κ2) is 11.7. The molecule has 0 saturated carbocycles. The molecule has 1 fully saturated rings. The number of hydrogen-bond donors (Lipinski definition) is 3. The van der Waals surface area contributed by atoms with E-state index >= 15 is 0 Å². The third-order valence-electron chi connectivity index (χ3n) is 5.09. The maximum atomic E-state index is 14.8. The molecular formula is C21H21ClF3N5O3S2. The van der Waals surface area contributed by atoms with Crippen LogP contribution in [0.15, 0.2) is 52.2 Å². The predicted octanol–water partition coefficient (Wildman–Crippen LogP) is 5.32. The molecule has 1 aliphatic heterocycles. The number of nitrogens with one attached hydrogen (secondary N) is 3. The summed E-state index contributed by atoms with van der Waals surface area (Å²) in [5, 5.41) is 8.04. The van der Waals surface area contributed by atoms with E-state index in [-0.39, 0.29) is 16.5 Å². The van der Waals surface area contributed by atoms with Gasteiger partial charge in [0.1, 0.15) is 10.7 Å². The van der Waals surface area contributed by atoms with Crippen molar-refractivity contribution in [3.63, 3.8) is 0 Å². The van der Waals surface area contributed by atoms with Gasteiger partial charge in [0.2, 0.25) is 0 Å². The van der Waals surface area contributed by atoms with Crippen LogP contribution in [0, 0.1) is 5.82 Å². The van der Waals surface area contributed by atoms with Crippen LogP contribution in [0.25, 0.3) is 0 Å². The zero-order valence-corrected chi connectivity index (χ0v) is 20.7. The van der Waals surface area contributed by atoms with Gasteiger partial charge >= 0.3 is 6.29 Å². The van der Waals surface area contributed by atoms with Crippen molar-refractivity contribution in [2.24, 2.45) is 0 Å². The number of hydrogen-bond acceptors (Lipinski definition) is 8. The highest BCUT2D eigenvalue weighted by molar-refractivity contribution is 7.92. The van der Waals surface area contributed by atoms with Crippen molar-refractivity contribution in [3.8, 4) is 0 Å². The van der Waals surface area contributed by atoms with Gasteiger partial charge in [-0.05, 0) is 31.7 Å². The van der Waals surface area contributed by atoms with Gasteiger partial charge in [0.15, 0.2) is 5.82 Å². The zero-order chi connectivity index (χ0) is 25.6. The SMILES string of the molecule is CNC1CCN(c2ccccc2Nc2cc(F)c(S(=O)(=O)Nc3cscn3)cc2Cl)C1.O=C(F)F. The summed E-state index contributed by atoms with van der Waals surface area (Å²) in [4.78, 5) is 13.7. The lowest BCUT2D eigenvalue weighted by atomic mass is 10.2. The summed E-state index contributed by atoms with van der Waals surface area (Å²) in [5.41, 5.74) is 3.49. The molecule has 1 unspecified atom stereocenters. The smallest absolute Gasteiger partial charge is 0.368 e. The first kappa shape index (κ1) is 26.7. The van der Waals surface area contributed by atoms with E-state index in [4.69, 9.17) is 16.4 Å². The van der Waals surface area contributed by atoms with Crippen LogP contribution in [0.3, 0.4) is 0 Å². The van der Waals surface area contributed by atoms with Crippen LogP contribution in [0.2, 0.25) is 5.02 Å². The van der Waals surface area contributed by atoms with E-state index < -0.39 is 27.0 Å². The summed E-state index contributed by atoms with van der Waals surface area (Å²) in [6.45, 7) is 1.75. The Labute approximate surface area is 209 Å². The van der Waals surface area contributed by atoms with Gasteiger partial charge in [-0.25, -0.2) is 22.6 Å². The fraction of sp³-hybridized carbons (Fsp3) is 0.238. The number of para-hydroxylation sites is 2. The fourth-order valence-electron chi connectivity index (χ4n) is 3.50. The monoisotopic (exact) mass is 547 g/mol. The largest absolute Gasteiger partial charge is 0.483 e. The minimum absolute atomic E-state index is 0.0874. The highest BCUT2D eigenvalue weighted by Gasteiger charge is 2.25. The number of carbonyl (C=O) groups is 1. The predicted molar refractivity (Wildman–Crippen MR) is 131 cm³/mol. The van der Waals surface area contributed by atoms with Crippen molar-refractivity contribution >= 4 is 62.1 Å². The number of benzene rings is 2. The molecule has 3 N–H and O–H groups in total. The molecule has 1 saturated heterocycles. The van der Waals surface area contributed by atoms with Crippen LogP contribution in [0.4, 0.5) is 40.8 Å². The molecule has 0 spiro atoms. The summed E-state index contributed by atoms with van der Waals surface area (Å²) < 4.78 is 61.5. The van der Waals surface area contributed by atoms with E-state index in [1.807, 2.05) is 31.3 Å². The van der Waals surface area contributed by atoms with Gasteiger partial charge in [0, 0.05) is 30.6 Å². The Morgan fingerprint density at radius 1 is 1.23 bits per heavy atom. The van der Waals surface area contributed by atoms with Crippen LogP contribution in [-0.2, 0) is 10.0 Å². The highest BCUT2D eigenvalue weighted by atomic mass is 35.5. The molecular weight excluding hydrogens is 527 g/mol. The first-order valence-corrected chi connectivity index (χ1v) is 12.9. The van der Waals surface area contributed by atoms with Gasteiger partial charge in [-0.3, -0.25) is 4.72 Å². The Kier molecular flexibility index (Phi) is 8.94. The number of halogens is 4. The average Bonchev–Trinajstić information content (AvgIpc) is 3.47. The van der Waals surface area contributed by atoms with Gasteiger partial charge in [-0.15, -0.1) is 20.1 Å². The molecule has 35 heavy (non-hydrogen) atoms. The summed E-state index contributed by atoms with van der Waals surface area (Å²) in [6, 6.07) is 10.3. The second-order valence-corrected chi connectivity index (χ2v) is 10.1. The number of carbonyl (C=O) groups excluding carboxylic acids is 1. The van der Waals surface area contributed by atoms with Crippen LogP contribution in [0.5, 0.6) is 0 Å². The van der Waals surface area contributed by atoms with E-state index in [1.165, 1.54) is 22.2 Å². The number of nitrogens with zero attached hydrogens (tertiary/aromatic N) is 2. The Hall–Kier alpha value is -2.87. The van der Waals surface area contributed by atoms with Crippen molar-refractivity contribution in [2.75, 3.05) is 35.1 Å². The summed E-state index contributed by atoms with van der Waals surface area (Å²) in [6.07, 6.45) is -1.81. The van der Waals surface area contributed by atoms with Gasteiger partial charge in [0.25, 0.3) is 10.0 Å². The molecule has 188 valence electrons. The van der Waals surface area contributed by atoms with Crippen LogP contribution in [-0.4, -0.2) is 45.9 Å². The third kappa shape index (κ3) is 7.07. The Morgan fingerprint density at radius 3 is 2.57 bits per heavy atom. The van der Waals surface area contributed by atoms with Crippen LogP contribution < -0.4 is 20.3 Å². The maximum Gasteiger partial charge on any atom is 0.483 e. The van der Waals surface area contributed by atoms with Crippen LogP contribution >= 0.6 is 22.9 Å². The average molecular weight is 548 g/mol. The molecule has 0 bridgehead atoms. The maximum absolute atomic E-state index is 14.8. The molecule has 1 aromatic heterocycles. The minimum atomic E-state index is -4.16. The number of thiazole rings is 1. The van der Waals surface area contributed by atoms with Crippen molar-refractivity contribution in [1.29, 1.82) is 0 Å². The molecule has 2 heterocycles. The first-order chi connectivity index (χ1) is 16.6. The lowest BCUT2D eigenvalue weighted by molar-refractivity contribution is 0.199. The number of rotatable bonds is 7. The number of sulfonamides is 1. The lowest BCUT2D eigenvalue weighted by Gasteiger charge is -2.23. The fourth-order valence-corrected chi connectivity index (χ4v) is 5.42. The second-order valence-electron chi connectivity index (χ2n) is 7.33. The van der Waals surface area contributed by atoms with Gasteiger partial charge in [0.05, 0.1) is 27.6 Å². The van der Waals surface area contributed by atoms with Crippen molar-refractivity contribution in [2.45, 2.75) is 17.4 Å². The summed E-state index contributed by atoms with van der Waals surface area (Å²) in [7, 11) is -2.22. The van der Waals surface area contributed by atoms with Gasteiger partial charge in [-0.1, -0.05) is 23.7 Å². The molecule has 1 aliphatic rings. The van der Waals surface area contributed by atoms with E-state index in [2.05, 4.69) is 25.2 Å². The molecule has 0 radical (unpaired) electrons. The molecule has 3 aromatic rings. The molecule has 0 aliphatic carbocycles. The van der Waals surface area contributed by atoms with E-state index in [9.17, 15) is 21.6 Å². The normalized spacial score (nSPS) is 15.3. The van der Waals surface area contributed by atoms with E-state index in [0.717, 1.165) is 43.0 Å². The lowest BCUT2D eigenvalue weighted by Crippen LogP contribution is -2.29. The highest BCUT2D eigenvalue weighted by Crippen LogP contribution is 2.35. The molecule has 14 heteroatoms. The minimum Gasteiger partial charge on any atom is -0.368 e. The van der Waals surface area contributed by atoms with Gasteiger partial charge in [-0.2, -0.15) is 0 Å². The Balaban J connectivity index is 0.000000795. The zero-order valence-electron chi connectivity index (χ0n) is 18.3. The molecule has 0 amide bonds. The quantitative estimate of drug-likeness (QED) is 0.344. The van der Waals surface area contributed by atoms with Crippen molar-refractivity contribution in [3.05, 3.63) is 58.1 Å². The molecule has 1 atom stereocenters. The first-order valence-electron chi connectivity index (χ1n) is 10.1. The number of likely N-dealkylation sites (N-methyl/N-ethyl adjacent to an activating group) is 1. The topological polar surface area (TPSA) is 103 Å². The molecule has 4 rings (SSSR count).